The Morgan fingerprint density at radius 3 is 2.25 bits per heavy atom. The Hall–Kier alpha value is -2.22. The fraction of sp³-hybridized carbons (Fsp3) is 0.381. The summed E-state index contributed by atoms with van der Waals surface area (Å²) in [5.41, 5.74) is 0.820. The minimum atomic E-state index is -3.79. The summed E-state index contributed by atoms with van der Waals surface area (Å²) >= 11 is 0. The minimum absolute atomic E-state index is 0.127. The molecule has 0 spiro atoms. The van der Waals surface area contributed by atoms with Gasteiger partial charge in [0.2, 0.25) is 15.9 Å². The van der Waals surface area contributed by atoms with Gasteiger partial charge in [0, 0.05) is 19.7 Å². The molecule has 2 aromatic rings. The molecule has 0 bridgehead atoms. The van der Waals surface area contributed by atoms with Crippen LogP contribution >= 0.6 is 0 Å². The molecule has 7 heteroatoms. The quantitative estimate of drug-likeness (QED) is 0.585. The van der Waals surface area contributed by atoms with E-state index < -0.39 is 10.0 Å². The summed E-state index contributed by atoms with van der Waals surface area (Å²) in [5, 5.41) is 2.77. The number of hydrogen-bond donors (Lipinski definition) is 1. The van der Waals surface area contributed by atoms with E-state index in [0.29, 0.717) is 19.6 Å². The van der Waals surface area contributed by atoms with E-state index in [1.54, 1.807) is 18.2 Å². The van der Waals surface area contributed by atoms with E-state index in [4.69, 9.17) is 4.74 Å². The van der Waals surface area contributed by atoms with Crippen molar-refractivity contribution in [3.05, 3.63) is 66.2 Å². The lowest BCUT2D eigenvalue weighted by Crippen LogP contribution is -2.40. The van der Waals surface area contributed by atoms with Crippen LogP contribution in [0.1, 0.15) is 25.8 Å². The average Bonchev–Trinajstić information content (AvgIpc) is 2.68. The highest BCUT2D eigenvalue weighted by atomic mass is 32.2. The van der Waals surface area contributed by atoms with Gasteiger partial charge in [-0.15, -0.1) is 0 Å². The van der Waals surface area contributed by atoms with Crippen molar-refractivity contribution in [3.63, 3.8) is 0 Å². The predicted octanol–water partition coefficient (Wildman–Crippen LogP) is 2.81. The molecule has 0 saturated carbocycles. The fourth-order valence-electron chi connectivity index (χ4n) is 2.59. The summed E-state index contributed by atoms with van der Waals surface area (Å²) in [6.07, 6.45) is 0.821. The normalized spacial score (nSPS) is 11.7. The van der Waals surface area contributed by atoms with E-state index in [0.717, 1.165) is 5.56 Å². The van der Waals surface area contributed by atoms with Crippen LogP contribution in [0.5, 0.6) is 0 Å². The summed E-state index contributed by atoms with van der Waals surface area (Å²) in [5.74, 6) is -0.333. The number of amides is 1. The third-order valence-corrected chi connectivity index (χ3v) is 5.80. The molecule has 152 valence electrons. The monoisotopic (exact) mass is 404 g/mol. The van der Waals surface area contributed by atoms with Crippen LogP contribution in [0.2, 0.25) is 0 Å². The Bertz CT molecular complexity index is 824. The Balaban J connectivity index is 2.05. The summed E-state index contributed by atoms with van der Waals surface area (Å²) < 4.78 is 32.7. The number of hydrogen-bond acceptors (Lipinski definition) is 4. The molecule has 0 atom stereocenters. The van der Waals surface area contributed by atoms with Gasteiger partial charge in [-0.2, -0.15) is 4.31 Å². The van der Waals surface area contributed by atoms with Crippen LogP contribution < -0.4 is 5.32 Å². The predicted molar refractivity (Wildman–Crippen MR) is 109 cm³/mol. The van der Waals surface area contributed by atoms with Crippen molar-refractivity contribution >= 4 is 15.9 Å². The average molecular weight is 405 g/mol. The Labute approximate surface area is 167 Å². The van der Waals surface area contributed by atoms with Crippen LogP contribution in [0.3, 0.4) is 0 Å². The first-order valence-electron chi connectivity index (χ1n) is 9.37. The maximum absolute atomic E-state index is 13.0. The molecule has 0 aliphatic rings. The second-order valence-corrected chi connectivity index (χ2v) is 8.63. The SMILES string of the molecule is CC(C)OCCCNC(=O)CN(Cc1ccccc1)S(=O)(=O)c1ccccc1. The lowest BCUT2D eigenvalue weighted by molar-refractivity contribution is -0.121. The van der Waals surface area contributed by atoms with E-state index in [9.17, 15) is 13.2 Å². The van der Waals surface area contributed by atoms with Crippen LogP contribution in [-0.4, -0.2) is 44.4 Å². The molecule has 2 aromatic carbocycles. The molecule has 1 amide bonds. The lowest BCUT2D eigenvalue weighted by atomic mass is 10.2. The molecule has 0 radical (unpaired) electrons. The number of ether oxygens (including phenoxy) is 1. The highest BCUT2D eigenvalue weighted by Crippen LogP contribution is 2.18. The van der Waals surface area contributed by atoms with Crippen molar-refractivity contribution in [1.82, 2.24) is 9.62 Å². The number of benzene rings is 2. The van der Waals surface area contributed by atoms with Crippen LogP contribution in [-0.2, 0) is 26.1 Å². The van der Waals surface area contributed by atoms with Crippen LogP contribution in [0.15, 0.2) is 65.6 Å². The zero-order valence-corrected chi connectivity index (χ0v) is 17.2. The van der Waals surface area contributed by atoms with Gasteiger partial charge in [0.05, 0.1) is 17.5 Å². The Morgan fingerprint density at radius 1 is 1.04 bits per heavy atom. The van der Waals surface area contributed by atoms with Gasteiger partial charge in [0.1, 0.15) is 0 Å². The van der Waals surface area contributed by atoms with E-state index in [1.165, 1.54) is 16.4 Å². The van der Waals surface area contributed by atoms with Crippen molar-refractivity contribution < 1.29 is 17.9 Å². The van der Waals surface area contributed by atoms with Gasteiger partial charge >= 0.3 is 0 Å². The molecule has 6 nitrogen and oxygen atoms in total. The van der Waals surface area contributed by atoms with E-state index >= 15 is 0 Å². The molecule has 0 unspecified atom stereocenters. The standard InChI is InChI=1S/C21H28N2O4S/c1-18(2)27-15-9-14-22-21(24)17-23(16-19-10-5-3-6-11-19)28(25,26)20-12-7-4-8-13-20/h3-8,10-13,18H,9,14-17H2,1-2H3,(H,22,24). The third kappa shape index (κ3) is 7.07. The van der Waals surface area contributed by atoms with Crippen molar-refractivity contribution in [2.24, 2.45) is 0 Å². The van der Waals surface area contributed by atoms with E-state index in [1.807, 2.05) is 44.2 Å². The molecule has 1 N–H and O–H groups in total. The number of sulfonamides is 1. The van der Waals surface area contributed by atoms with Gasteiger partial charge in [-0.25, -0.2) is 8.42 Å². The summed E-state index contributed by atoms with van der Waals surface area (Å²) in [4.78, 5) is 12.5. The first-order chi connectivity index (χ1) is 13.4. The molecule has 0 aliphatic heterocycles. The minimum Gasteiger partial charge on any atom is -0.379 e. The highest BCUT2D eigenvalue weighted by Gasteiger charge is 2.26. The van der Waals surface area contributed by atoms with Crippen LogP contribution in [0.25, 0.3) is 0 Å². The summed E-state index contributed by atoms with van der Waals surface area (Å²) in [7, 11) is -3.79. The number of nitrogens with zero attached hydrogens (tertiary/aromatic N) is 1. The van der Waals surface area contributed by atoms with Gasteiger partial charge in [-0.05, 0) is 38.0 Å². The zero-order valence-electron chi connectivity index (χ0n) is 16.4. The van der Waals surface area contributed by atoms with Crippen molar-refractivity contribution in [2.75, 3.05) is 19.7 Å². The maximum Gasteiger partial charge on any atom is 0.243 e. The Morgan fingerprint density at radius 2 is 1.64 bits per heavy atom. The highest BCUT2D eigenvalue weighted by molar-refractivity contribution is 7.89. The molecule has 0 heterocycles. The first-order valence-corrected chi connectivity index (χ1v) is 10.8. The maximum atomic E-state index is 13.0. The van der Waals surface area contributed by atoms with Gasteiger partial charge in [-0.3, -0.25) is 4.79 Å². The summed E-state index contributed by atoms with van der Waals surface area (Å²) in [6.45, 7) is 4.78. The number of nitrogens with one attached hydrogen (secondary N) is 1. The second kappa shape index (κ2) is 10.9. The Kier molecular flexibility index (Phi) is 8.63. The van der Waals surface area contributed by atoms with Gasteiger partial charge in [0.25, 0.3) is 0 Å². The van der Waals surface area contributed by atoms with Gasteiger partial charge in [-0.1, -0.05) is 48.5 Å². The van der Waals surface area contributed by atoms with E-state index in [2.05, 4.69) is 5.32 Å². The molecule has 2 rings (SSSR count). The number of rotatable bonds is 11. The second-order valence-electron chi connectivity index (χ2n) is 6.69. The molecule has 0 aromatic heterocycles. The lowest BCUT2D eigenvalue weighted by Gasteiger charge is -2.22. The molecule has 28 heavy (non-hydrogen) atoms. The molecule has 0 aliphatic carbocycles. The van der Waals surface area contributed by atoms with Gasteiger partial charge < -0.3 is 10.1 Å². The fourth-order valence-corrected chi connectivity index (χ4v) is 3.99. The van der Waals surface area contributed by atoms with Crippen molar-refractivity contribution in [3.8, 4) is 0 Å². The third-order valence-electron chi connectivity index (χ3n) is 4.00. The largest absolute Gasteiger partial charge is 0.379 e. The summed E-state index contributed by atoms with van der Waals surface area (Å²) in [6, 6.07) is 17.4. The van der Waals surface area contributed by atoms with Crippen molar-refractivity contribution in [1.29, 1.82) is 0 Å². The number of carbonyl (C=O) groups is 1. The molecule has 0 fully saturated rings. The molecular formula is C21H28N2O4S. The zero-order chi connectivity index (χ0) is 20.4. The smallest absolute Gasteiger partial charge is 0.243 e. The van der Waals surface area contributed by atoms with E-state index in [-0.39, 0.29) is 30.0 Å². The number of carbonyl (C=O) groups excluding carboxylic acids is 1. The van der Waals surface area contributed by atoms with Crippen LogP contribution in [0, 0.1) is 0 Å². The first kappa shape index (κ1) is 22.1. The topological polar surface area (TPSA) is 75.7 Å². The van der Waals surface area contributed by atoms with Gasteiger partial charge in [0.15, 0.2) is 0 Å². The molecule has 0 saturated heterocycles. The van der Waals surface area contributed by atoms with Crippen LogP contribution in [0.4, 0.5) is 0 Å². The van der Waals surface area contributed by atoms with Crippen molar-refractivity contribution in [2.45, 2.75) is 37.8 Å². The molecular weight excluding hydrogens is 376 g/mol.